The van der Waals surface area contributed by atoms with Gasteiger partial charge in [0.15, 0.2) is 0 Å². The van der Waals surface area contributed by atoms with Crippen molar-refractivity contribution in [3.8, 4) is 0 Å². The van der Waals surface area contributed by atoms with Crippen molar-refractivity contribution in [3.63, 3.8) is 0 Å². The van der Waals surface area contributed by atoms with E-state index in [0.717, 1.165) is 13.1 Å². The summed E-state index contributed by atoms with van der Waals surface area (Å²) in [6.07, 6.45) is 3.69. The zero-order chi connectivity index (χ0) is 11.5. The van der Waals surface area contributed by atoms with Gasteiger partial charge in [-0.05, 0) is 31.8 Å². The van der Waals surface area contributed by atoms with Crippen LogP contribution in [0.25, 0.3) is 0 Å². The Morgan fingerprint density at radius 1 is 1.27 bits per heavy atom. The van der Waals surface area contributed by atoms with E-state index < -0.39 is 10.0 Å². The van der Waals surface area contributed by atoms with Crippen molar-refractivity contribution < 1.29 is 8.42 Å². The van der Waals surface area contributed by atoms with Gasteiger partial charge in [-0.15, -0.1) is 0 Å². The second kappa shape index (κ2) is 5.27. The van der Waals surface area contributed by atoms with Gasteiger partial charge in [-0.1, -0.05) is 13.8 Å². The van der Waals surface area contributed by atoms with Crippen molar-refractivity contribution in [2.45, 2.75) is 32.7 Å². The summed E-state index contributed by atoms with van der Waals surface area (Å²) in [5.41, 5.74) is 0. The molecule has 1 rings (SSSR count). The van der Waals surface area contributed by atoms with Crippen LogP contribution in [0.15, 0.2) is 0 Å². The topological polar surface area (TPSA) is 49.4 Å². The Labute approximate surface area is 93.1 Å². The summed E-state index contributed by atoms with van der Waals surface area (Å²) < 4.78 is 24.7. The summed E-state index contributed by atoms with van der Waals surface area (Å²) in [7, 11) is -3.06. The quantitative estimate of drug-likeness (QED) is 0.760. The van der Waals surface area contributed by atoms with Crippen LogP contribution in [0.4, 0.5) is 0 Å². The Kier molecular flexibility index (Phi) is 4.55. The average Bonchev–Trinajstić information content (AvgIpc) is 2.54. The molecule has 0 bridgehead atoms. The molecule has 0 aromatic carbocycles. The lowest BCUT2D eigenvalue weighted by Gasteiger charge is -2.30. The van der Waals surface area contributed by atoms with Crippen LogP contribution in [0.3, 0.4) is 0 Å². The number of hydrogen-bond donors (Lipinski definition) is 1. The number of rotatable bonds is 5. The smallest absolute Gasteiger partial charge is 0.208 e. The molecule has 0 aromatic heterocycles. The molecule has 4 nitrogen and oxygen atoms in total. The third-order valence-electron chi connectivity index (χ3n) is 2.93. The van der Waals surface area contributed by atoms with Gasteiger partial charge < -0.3 is 0 Å². The Morgan fingerprint density at radius 2 is 1.80 bits per heavy atom. The molecule has 15 heavy (non-hydrogen) atoms. The summed E-state index contributed by atoms with van der Waals surface area (Å²) in [4.78, 5) is 2.39. The van der Waals surface area contributed by atoms with Crippen LogP contribution in [-0.2, 0) is 10.0 Å². The van der Waals surface area contributed by atoms with E-state index in [4.69, 9.17) is 0 Å². The molecule has 1 atom stereocenters. The lowest BCUT2D eigenvalue weighted by molar-refractivity contribution is 0.193. The molecule has 0 aromatic rings. The maximum absolute atomic E-state index is 11.0. The van der Waals surface area contributed by atoms with Gasteiger partial charge >= 0.3 is 0 Å². The van der Waals surface area contributed by atoms with Gasteiger partial charge in [-0.2, -0.15) is 0 Å². The first kappa shape index (κ1) is 12.9. The molecule has 0 spiro atoms. The van der Waals surface area contributed by atoms with Crippen molar-refractivity contribution in [3.05, 3.63) is 0 Å². The predicted molar refractivity (Wildman–Crippen MR) is 62.3 cm³/mol. The molecular formula is C10H22N2O2S. The molecule has 1 fully saturated rings. The number of likely N-dealkylation sites (tertiary alicyclic amines) is 1. The minimum atomic E-state index is -3.06. The van der Waals surface area contributed by atoms with E-state index in [0.29, 0.717) is 18.5 Å². The van der Waals surface area contributed by atoms with Crippen molar-refractivity contribution >= 4 is 10.0 Å². The highest BCUT2D eigenvalue weighted by atomic mass is 32.2. The van der Waals surface area contributed by atoms with E-state index >= 15 is 0 Å². The van der Waals surface area contributed by atoms with Crippen LogP contribution < -0.4 is 4.72 Å². The molecule has 1 unspecified atom stereocenters. The third-order valence-corrected chi connectivity index (χ3v) is 3.62. The van der Waals surface area contributed by atoms with Crippen LogP contribution in [0.5, 0.6) is 0 Å². The molecule has 90 valence electrons. The third kappa shape index (κ3) is 4.49. The Balaban J connectivity index is 2.50. The van der Waals surface area contributed by atoms with E-state index in [9.17, 15) is 8.42 Å². The number of hydrogen-bond acceptors (Lipinski definition) is 3. The molecule has 0 aliphatic carbocycles. The molecule has 1 aliphatic heterocycles. The maximum Gasteiger partial charge on any atom is 0.208 e. The fraction of sp³-hybridized carbons (Fsp3) is 1.00. The zero-order valence-corrected chi connectivity index (χ0v) is 10.7. The highest BCUT2D eigenvalue weighted by molar-refractivity contribution is 7.88. The van der Waals surface area contributed by atoms with Gasteiger partial charge in [0.05, 0.1) is 6.26 Å². The standard InChI is InChI=1S/C10H22N2O2S/c1-9(2)10(8-11-15(3,13)14)12-6-4-5-7-12/h9-11H,4-8H2,1-3H3. The molecular weight excluding hydrogens is 212 g/mol. The van der Waals surface area contributed by atoms with Crippen LogP contribution in [0.1, 0.15) is 26.7 Å². The number of sulfonamides is 1. The fourth-order valence-corrected chi connectivity index (χ4v) is 2.57. The fourth-order valence-electron chi connectivity index (χ4n) is 2.10. The summed E-state index contributed by atoms with van der Waals surface area (Å²) in [5, 5.41) is 0. The van der Waals surface area contributed by atoms with Crippen molar-refractivity contribution in [2.24, 2.45) is 5.92 Å². The van der Waals surface area contributed by atoms with Gasteiger partial charge in [-0.3, -0.25) is 4.90 Å². The van der Waals surface area contributed by atoms with Gasteiger partial charge in [0.25, 0.3) is 0 Å². The molecule has 1 heterocycles. The van der Waals surface area contributed by atoms with Gasteiger partial charge in [-0.25, -0.2) is 13.1 Å². The van der Waals surface area contributed by atoms with E-state index in [2.05, 4.69) is 23.5 Å². The molecule has 1 N–H and O–H groups in total. The molecule has 0 radical (unpaired) electrons. The highest BCUT2D eigenvalue weighted by Crippen LogP contribution is 2.17. The maximum atomic E-state index is 11.0. The minimum Gasteiger partial charge on any atom is -0.299 e. The monoisotopic (exact) mass is 234 g/mol. The average molecular weight is 234 g/mol. The molecule has 1 saturated heterocycles. The first-order valence-corrected chi connectivity index (χ1v) is 7.48. The Bertz CT molecular complexity index is 282. The number of nitrogens with zero attached hydrogens (tertiary/aromatic N) is 1. The lowest BCUT2D eigenvalue weighted by Crippen LogP contribution is -2.45. The van der Waals surface area contributed by atoms with Gasteiger partial charge in [0.1, 0.15) is 0 Å². The predicted octanol–water partition coefficient (Wildman–Crippen LogP) is 0.656. The van der Waals surface area contributed by atoms with E-state index in [-0.39, 0.29) is 0 Å². The zero-order valence-electron chi connectivity index (χ0n) is 9.86. The van der Waals surface area contributed by atoms with Crippen molar-refractivity contribution in [2.75, 3.05) is 25.9 Å². The number of nitrogens with one attached hydrogen (secondary N) is 1. The first-order valence-electron chi connectivity index (χ1n) is 5.59. The van der Waals surface area contributed by atoms with E-state index in [1.165, 1.54) is 19.1 Å². The summed E-state index contributed by atoms with van der Waals surface area (Å²) >= 11 is 0. The second-order valence-electron chi connectivity index (χ2n) is 4.68. The normalized spacial score (nSPS) is 21.1. The van der Waals surface area contributed by atoms with Gasteiger partial charge in [0, 0.05) is 12.6 Å². The van der Waals surface area contributed by atoms with Crippen molar-refractivity contribution in [1.29, 1.82) is 0 Å². The van der Waals surface area contributed by atoms with Crippen LogP contribution >= 0.6 is 0 Å². The molecule has 0 saturated carbocycles. The molecule has 0 amide bonds. The summed E-state index contributed by atoms with van der Waals surface area (Å²) in [6, 6.07) is 0.335. The first-order chi connectivity index (χ1) is 6.90. The molecule has 1 aliphatic rings. The van der Waals surface area contributed by atoms with Crippen LogP contribution in [0, 0.1) is 5.92 Å². The van der Waals surface area contributed by atoms with E-state index in [1.807, 2.05) is 0 Å². The SMILES string of the molecule is CC(C)C(CNS(C)(=O)=O)N1CCCC1. The van der Waals surface area contributed by atoms with Crippen LogP contribution in [0.2, 0.25) is 0 Å². The summed E-state index contributed by atoms with van der Waals surface area (Å²) in [5.74, 6) is 0.484. The minimum absolute atomic E-state index is 0.335. The molecule has 5 heteroatoms. The Morgan fingerprint density at radius 3 is 2.20 bits per heavy atom. The largest absolute Gasteiger partial charge is 0.299 e. The highest BCUT2D eigenvalue weighted by Gasteiger charge is 2.24. The van der Waals surface area contributed by atoms with E-state index in [1.54, 1.807) is 0 Å². The Hall–Kier alpha value is -0.130. The lowest BCUT2D eigenvalue weighted by atomic mass is 10.0. The second-order valence-corrected chi connectivity index (χ2v) is 6.51. The van der Waals surface area contributed by atoms with Gasteiger partial charge in [0.2, 0.25) is 10.0 Å². The van der Waals surface area contributed by atoms with Crippen molar-refractivity contribution in [1.82, 2.24) is 9.62 Å². The van der Waals surface area contributed by atoms with Crippen LogP contribution in [-0.4, -0.2) is 45.2 Å². The summed E-state index contributed by atoms with van der Waals surface area (Å²) in [6.45, 7) is 7.04.